The predicted molar refractivity (Wildman–Crippen MR) is 92.6 cm³/mol. The average molecular weight is 358 g/mol. The summed E-state index contributed by atoms with van der Waals surface area (Å²) in [5, 5.41) is 28.1. The molecule has 1 heterocycles. The number of hydrogen-bond acceptors (Lipinski definition) is 6. The number of aromatic hydroxyl groups is 1. The van der Waals surface area contributed by atoms with Gasteiger partial charge in [-0.15, -0.1) is 0 Å². The van der Waals surface area contributed by atoms with Gasteiger partial charge in [-0.1, -0.05) is 12.1 Å². The van der Waals surface area contributed by atoms with Crippen molar-refractivity contribution in [2.24, 2.45) is 0 Å². The minimum atomic E-state index is -1.05. The molecular weight excluding hydrogens is 340 g/mol. The van der Waals surface area contributed by atoms with E-state index < -0.39 is 18.2 Å². The summed E-state index contributed by atoms with van der Waals surface area (Å²) in [4.78, 5) is 10.6. The molecule has 3 rings (SSSR count). The van der Waals surface area contributed by atoms with E-state index in [4.69, 9.17) is 19.3 Å². The smallest absolute Gasteiger partial charge is 0.328 e. The Kier molecular flexibility index (Phi) is 4.99. The molecule has 0 bridgehead atoms. The van der Waals surface area contributed by atoms with Crippen LogP contribution in [0.2, 0.25) is 0 Å². The van der Waals surface area contributed by atoms with Gasteiger partial charge in [-0.25, -0.2) is 4.79 Å². The lowest BCUT2D eigenvalue weighted by molar-refractivity contribution is -0.131. The topological polar surface area (TPSA) is 105 Å². The van der Waals surface area contributed by atoms with Gasteiger partial charge in [0, 0.05) is 11.6 Å². The third-order valence-electron chi connectivity index (χ3n) is 3.97. The van der Waals surface area contributed by atoms with Crippen molar-refractivity contribution in [2.75, 3.05) is 13.7 Å². The number of methoxy groups -OCH3 is 1. The highest BCUT2D eigenvalue weighted by Gasteiger charge is 2.33. The Balaban J connectivity index is 1.91. The molecule has 0 fully saturated rings. The van der Waals surface area contributed by atoms with Crippen molar-refractivity contribution >= 4 is 12.0 Å². The first-order valence-corrected chi connectivity index (χ1v) is 7.88. The summed E-state index contributed by atoms with van der Waals surface area (Å²) in [7, 11) is 1.45. The summed E-state index contributed by atoms with van der Waals surface area (Å²) in [5.41, 5.74) is 1.32. The van der Waals surface area contributed by atoms with E-state index >= 15 is 0 Å². The summed E-state index contributed by atoms with van der Waals surface area (Å²) in [5.74, 6) is 0.138. The maximum Gasteiger partial charge on any atom is 0.328 e. The number of carbonyl (C=O) groups is 1. The molecule has 2 aromatic carbocycles. The molecule has 0 aromatic heterocycles. The van der Waals surface area contributed by atoms with E-state index in [0.29, 0.717) is 28.4 Å². The van der Waals surface area contributed by atoms with Crippen LogP contribution in [0.1, 0.15) is 17.2 Å². The van der Waals surface area contributed by atoms with Gasteiger partial charge in [-0.05, 0) is 35.9 Å². The Hall–Kier alpha value is -3.19. The van der Waals surface area contributed by atoms with E-state index in [-0.39, 0.29) is 12.4 Å². The molecule has 0 saturated carbocycles. The van der Waals surface area contributed by atoms with Crippen LogP contribution in [0.15, 0.2) is 42.5 Å². The Morgan fingerprint density at radius 2 is 2.00 bits per heavy atom. The van der Waals surface area contributed by atoms with Crippen LogP contribution in [-0.4, -0.2) is 41.1 Å². The number of aliphatic hydroxyl groups is 1. The van der Waals surface area contributed by atoms with E-state index in [2.05, 4.69) is 0 Å². The maximum absolute atomic E-state index is 10.6. The van der Waals surface area contributed by atoms with Gasteiger partial charge in [0.25, 0.3) is 0 Å². The molecule has 26 heavy (non-hydrogen) atoms. The Morgan fingerprint density at radius 1 is 1.19 bits per heavy atom. The van der Waals surface area contributed by atoms with Crippen LogP contribution < -0.4 is 14.2 Å². The van der Waals surface area contributed by atoms with E-state index in [1.807, 2.05) is 0 Å². The molecule has 3 N–H and O–H groups in total. The molecule has 2 aromatic rings. The van der Waals surface area contributed by atoms with Crippen molar-refractivity contribution in [3.8, 4) is 23.0 Å². The minimum Gasteiger partial charge on any atom is -0.504 e. The lowest BCUT2D eigenvalue weighted by atomic mass is 10.0. The molecule has 0 amide bonds. The monoisotopic (exact) mass is 358 g/mol. The molecule has 0 saturated heterocycles. The fourth-order valence-electron chi connectivity index (χ4n) is 2.71. The molecule has 136 valence electrons. The number of carboxylic acids is 1. The quantitative estimate of drug-likeness (QED) is 0.705. The zero-order valence-electron chi connectivity index (χ0n) is 14.0. The largest absolute Gasteiger partial charge is 0.504 e. The second kappa shape index (κ2) is 7.37. The van der Waals surface area contributed by atoms with Crippen LogP contribution in [0, 0.1) is 0 Å². The van der Waals surface area contributed by atoms with Gasteiger partial charge in [0.2, 0.25) is 0 Å². The highest BCUT2D eigenvalue weighted by Crippen LogP contribution is 2.41. The SMILES string of the molecule is COc1cc([C@H]2Oc3ccc(C=CC(=O)O)cc3O[C@@H]2CO)ccc1O. The Labute approximate surface area is 149 Å². The van der Waals surface area contributed by atoms with Crippen LogP contribution in [0.4, 0.5) is 0 Å². The zero-order chi connectivity index (χ0) is 18.7. The van der Waals surface area contributed by atoms with Gasteiger partial charge in [0.1, 0.15) is 0 Å². The molecule has 1 aliphatic heterocycles. The van der Waals surface area contributed by atoms with Crippen molar-refractivity contribution in [1.82, 2.24) is 0 Å². The van der Waals surface area contributed by atoms with Crippen molar-refractivity contribution in [3.63, 3.8) is 0 Å². The lowest BCUT2D eigenvalue weighted by Crippen LogP contribution is -2.36. The first-order valence-electron chi connectivity index (χ1n) is 7.88. The number of carboxylic acid groups (broad SMARTS) is 1. The van der Waals surface area contributed by atoms with Gasteiger partial charge >= 0.3 is 5.97 Å². The minimum absolute atomic E-state index is 0.00351. The number of benzene rings is 2. The molecule has 0 spiro atoms. The number of rotatable bonds is 5. The molecule has 2 atom stereocenters. The zero-order valence-corrected chi connectivity index (χ0v) is 14.0. The highest BCUT2D eigenvalue weighted by molar-refractivity contribution is 5.85. The molecule has 1 aliphatic rings. The first-order chi connectivity index (χ1) is 12.5. The number of phenolic OH excluding ortho intramolecular Hbond substituents is 1. The molecule has 7 heteroatoms. The first kappa shape index (κ1) is 17.6. The standard InChI is InChI=1S/C19H18O7/c1-24-15-9-12(4-5-13(15)21)19-17(10-20)25-16-8-11(3-7-18(22)23)2-6-14(16)26-19/h2-9,17,19-21H,10H2,1H3,(H,22,23)/t17-,19-/m1/s1. The number of aliphatic hydroxyl groups excluding tert-OH is 1. The van der Waals surface area contributed by atoms with Gasteiger partial charge in [-0.3, -0.25) is 0 Å². The normalized spacial score (nSPS) is 18.7. The third-order valence-corrected chi connectivity index (χ3v) is 3.97. The Morgan fingerprint density at radius 3 is 2.69 bits per heavy atom. The summed E-state index contributed by atoms with van der Waals surface area (Å²) >= 11 is 0. The fourth-order valence-corrected chi connectivity index (χ4v) is 2.71. The number of ether oxygens (including phenoxy) is 3. The molecular formula is C19H18O7. The van der Waals surface area contributed by atoms with Gasteiger partial charge in [0.05, 0.1) is 13.7 Å². The van der Waals surface area contributed by atoms with Gasteiger partial charge < -0.3 is 29.5 Å². The van der Waals surface area contributed by atoms with E-state index in [0.717, 1.165) is 6.08 Å². The highest BCUT2D eigenvalue weighted by atomic mass is 16.6. The van der Waals surface area contributed by atoms with Gasteiger partial charge in [-0.2, -0.15) is 0 Å². The van der Waals surface area contributed by atoms with Crippen molar-refractivity contribution < 1.29 is 34.3 Å². The Bertz CT molecular complexity index is 844. The maximum atomic E-state index is 10.6. The van der Waals surface area contributed by atoms with E-state index in [9.17, 15) is 15.0 Å². The fraction of sp³-hybridized carbons (Fsp3) is 0.211. The molecule has 0 radical (unpaired) electrons. The lowest BCUT2D eigenvalue weighted by Gasteiger charge is -2.33. The summed E-state index contributed by atoms with van der Waals surface area (Å²) in [6.45, 7) is -0.289. The summed E-state index contributed by atoms with van der Waals surface area (Å²) < 4.78 is 16.9. The van der Waals surface area contributed by atoms with Crippen LogP contribution in [-0.2, 0) is 4.79 Å². The number of hydrogen-bond donors (Lipinski definition) is 3. The van der Waals surface area contributed by atoms with Crippen molar-refractivity contribution in [2.45, 2.75) is 12.2 Å². The molecule has 7 nitrogen and oxygen atoms in total. The van der Waals surface area contributed by atoms with Crippen molar-refractivity contribution in [3.05, 3.63) is 53.6 Å². The predicted octanol–water partition coefficient (Wildman–Crippen LogP) is 2.37. The van der Waals surface area contributed by atoms with Crippen molar-refractivity contribution in [1.29, 1.82) is 0 Å². The van der Waals surface area contributed by atoms with Crippen LogP contribution in [0.25, 0.3) is 6.08 Å². The molecule has 0 unspecified atom stereocenters. The van der Waals surface area contributed by atoms with Crippen LogP contribution in [0.3, 0.4) is 0 Å². The van der Waals surface area contributed by atoms with E-state index in [1.54, 1.807) is 30.3 Å². The number of fused-ring (bicyclic) bond motifs is 1. The number of phenols is 1. The summed E-state index contributed by atoms with van der Waals surface area (Å²) in [6, 6.07) is 9.81. The summed E-state index contributed by atoms with van der Waals surface area (Å²) in [6.07, 6.45) is 1.20. The average Bonchev–Trinajstić information content (AvgIpc) is 2.65. The van der Waals surface area contributed by atoms with Gasteiger partial charge in [0.15, 0.2) is 35.2 Å². The molecule has 0 aliphatic carbocycles. The number of aliphatic carboxylic acids is 1. The van der Waals surface area contributed by atoms with E-state index in [1.165, 1.54) is 19.3 Å². The third kappa shape index (κ3) is 3.57. The van der Waals surface area contributed by atoms with Crippen LogP contribution in [0.5, 0.6) is 23.0 Å². The van der Waals surface area contributed by atoms with Crippen LogP contribution >= 0.6 is 0 Å². The second-order valence-electron chi connectivity index (χ2n) is 5.69. The second-order valence-corrected chi connectivity index (χ2v) is 5.69.